The Morgan fingerprint density at radius 1 is 1.56 bits per heavy atom. The van der Waals surface area contributed by atoms with Crippen LogP contribution in [0, 0.1) is 0 Å². The van der Waals surface area contributed by atoms with Crippen molar-refractivity contribution in [2.45, 2.75) is 31.3 Å². The first kappa shape index (κ1) is 12.0. The minimum atomic E-state index is 0.111. The van der Waals surface area contributed by atoms with Gasteiger partial charge in [0, 0.05) is 30.2 Å². The zero-order valence-electron chi connectivity index (χ0n) is 9.74. The lowest BCUT2D eigenvalue weighted by Gasteiger charge is -2.35. The molecule has 1 aliphatic heterocycles. The molecular weight excluding hydrogens is 220 g/mol. The van der Waals surface area contributed by atoms with E-state index in [-0.39, 0.29) is 11.6 Å². The Morgan fingerprint density at radius 2 is 2.31 bits per heavy atom. The second-order valence-corrected chi connectivity index (χ2v) is 5.66. The molecule has 1 atom stereocenters. The van der Waals surface area contributed by atoms with Crippen LogP contribution in [-0.2, 0) is 4.74 Å². The van der Waals surface area contributed by atoms with E-state index >= 15 is 0 Å². The van der Waals surface area contributed by atoms with Crippen LogP contribution in [0.4, 0.5) is 0 Å². The van der Waals surface area contributed by atoms with Crippen molar-refractivity contribution >= 4 is 11.3 Å². The molecule has 0 aromatic carbocycles. The van der Waals surface area contributed by atoms with Gasteiger partial charge in [-0.2, -0.15) is 0 Å². The van der Waals surface area contributed by atoms with E-state index < -0.39 is 0 Å². The first-order valence-corrected chi connectivity index (χ1v) is 6.69. The topological polar surface area (TPSA) is 47.3 Å². The Labute approximate surface area is 101 Å². The third-order valence-corrected chi connectivity index (χ3v) is 4.26. The van der Waals surface area contributed by atoms with Crippen LogP contribution in [0.1, 0.15) is 30.7 Å². The summed E-state index contributed by atoms with van der Waals surface area (Å²) in [5.74, 6) is 0. The maximum atomic E-state index is 6.13. The highest BCUT2D eigenvalue weighted by Gasteiger charge is 2.27. The zero-order chi connectivity index (χ0) is 11.4. The highest BCUT2D eigenvalue weighted by Crippen LogP contribution is 2.21. The molecule has 2 heterocycles. The maximum Gasteiger partial charge on any atom is 0.0516 e. The summed E-state index contributed by atoms with van der Waals surface area (Å²) in [6.07, 6.45) is 2.15. The van der Waals surface area contributed by atoms with E-state index in [0.29, 0.717) is 0 Å². The van der Waals surface area contributed by atoms with Crippen LogP contribution in [0.15, 0.2) is 17.5 Å². The molecule has 2 rings (SSSR count). The Morgan fingerprint density at radius 3 is 2.94 bits per heavy atom. The van der Waals surface area contributed by atoms with Gasteiger partial charge in [0.1, 0.15) is 0 Å². The Bertz CT molecular complexity index is 307. The molecule has 0 amide bonds. The van der Waals surface area contributed by atoms with Gasteiger partial charge in [0.2, 0.25) is 0 Å². The average Bonchev–Trinajstić information content (AvgIpc) is 2.80. The molecule has 1 unspecified atom stereocenters. The highest BCUT2D eigenvalue weighted by atomic mass is 32.1. The van der Waals surface area contributed by atoms with Gasteiger partial charge in [0.25, 0.3) is 0 Å². The molecule has 4 heteroatoms. The zero-order valence-corrected chi connectivity index (χ0v) is 10.6. The lowest BCUT2D eigenvalue weighted by Crippen LogP contribution is -2.48. The monoisotopic (exact) mass is 240 g/mol. The summed E-state index contributed by atoms with van der Waals surface area (Å²) in [4.78, 5) is 1.25. The molecule has 16 heavy (non-hydrogen) atoms. The van der Waals surface area contributed by atoms with Crippen molar-refractivity contribution < 1.29 is 4.74 Å². The summed E-state index contributed by atoms with van der Waals surface area (Å²) in [6, 6.07) is 4.26. The lowest BCUT2D eigenvalue weighted by atomic mass is 9.92. The van der Waals surface area contributed by atoms with Gasteiger partial charge in [-0.15, -0.1) is 11.3 Å². The molecule has 0 radical (unpaired) electrons. The molecule has 0 aliphatic carbocycles. The van der Waals surface area contributed by atoms with Gasteiger partial charge >= 0.3 is 0 Å². The quantitative estimate of drug-likeness (QED) is 0.845. The van der Waals surface area contributed by atoms with Gasteiger partial charge in [-0.05, 0) is 31.2 Å². The van der Waals surface area contributed by atoms with Crippen molar-refractivity contribution in [1.82, 2.24) is 5.32 Å². The van der Waals surface area contributed by atoms with Crippen LogP contribution in [0.2, 0.25) is 0 Å². The van der Waals surface area contributed by atoms with Gasteiger partial charge in [-0.25, -0.2) is 0 Å². The van der Waals surface area contributed by atoms with E-state index in [4.69, 9.17) is 10.5 Å². The second-order valence-electron chi connectivity index (χ2n) is 4.68. The standard InChI is InChI=1S/C12H20N2OS/c1-12(4-6-15-7-5-12)14-9-10(13)11-3-2-8-16-11/h2-3,8,10,14H,4-7,9,13H2,1H3. The smallest absolute Gasteiger partial charge is 0.0516 e. The summed E-state index contributed by atoms with van der Waals surface area (Å²) in [5, 5.41) is 5.66. The minimum absolute atomic E-state index is 0.111. The van der Waals surface area contributed by atoms with Gasteiger partial charge in [-0.3, -0.25) is 0 Å². The number of nitrogens with two attached hydrogens (primary N) is 1. The first-order valence-electron chi connectivity index (χ1n) is 5.81. The van der Waals surface area contributed by atoms with E-state index in [9.17, 15) is 0 Å². The van der Waals surface area contributed by atoms with E-state index in [1.807, 2.05) is 0 Å². The SMILES string of the molecule is CC1(NCC(N)c2cccs2)CCOCC1. The fourth-order valence-corrected chi connectivity index (χ4v) is 2.69. The van der Waals surface area contributed by atoms with Crippen LogP contribution in [0.5, 0.6) is 0 Å². The average molecular weight is 240 g/mol. The number of thiophene rings is 1. The van der Waals surface area contributed by atoms with E-state index in [1.165, 1.54) is 4.88 Å². The van der Waals surface area contributed by atoms with Crippen LogP contribution < -0.4 is 11.1 Å². The highest BCUT2D eigenvalue weighted by molar-refractivity contribution is 7.10. The molecule has 3 nitrogen and oxygen atoms in total. The van der Waals surface area contributed by atoms with Crippen molar-refractivity contribution in [3.05, 3.63) is 22.4 Å². The van der Waals surface area contributed by atoms with Crippen molar-refractivity contribution in [3.8, 4) is 0 Å². The lowest BCUT2D eigenvalue weighted by molar-refractivity contribution is 0.0449. The molecule has 0 bridgehead atoms. The Hall–Kier alpha value is -0.420. The van der Waals surface area contributed by atoms with Crippen molar-refractivity contribution in [2.24, 2.45) is 5.73 Å². The maximum absolute atomic E-state index is 6.13. The molecule has 0 saturated carbocycles. The van der Waals surface area contributed by atoms with Crippen LogP contribution in [0.25, 0.3) is 0 Å². The van der Waals surface area contributed by atoms with E-state index in [2.05, 4.69) is 29.8 Å². The number of hydrogen-bond acceptors (Lipinski definition) is 4. The van der Waals surface area contributed by atoms with E-state index in [1.54, 1.807) is 11.3 Å². The first-order chi connectivity index (χ1) is 7.70. The molecule has 1 aliphatic rings. The normalized spacial score (nSPS) is 21.9. The number of hydrogen-bond donors (Lipinski definition) is 2. The predicted octanol–water partition coefficient (Wildman–Crippen LogP) is 1.91. The fraction of sp³-hybridized carbons (Fsp3) is 0.667. The molecule has 1 aromatic rings. The summed E-state index contributed by atoms with van der Waals surface area (Å²) in [5.41, 5.74) is 6.33. The van der Waals surface area contributed by atoms with Crippen molar-refractivity contribution in [3.63, 3.8) is 0 Å². The van der Waals surface area contributed by atoms with Gasteiger partial charge in [0.05, 0.1) is 6.04 Å². The van der Waals surface area contributed by atoms with Gasteiger partial charge < -0.3 is 15.8 Å². The number of rotatable bonds is 4. The molecule has 3 N–H and O–H groups in total. The molecule has 1 saturated heterocycles. The molecule has 90 valence electrons. The van der Waals surface area contributed by atoms with Gasteiger partial charge in [-0.1, -0.05) is 6.07 Å². The van der Waals surface area contributed by atoms with Crippen LogP contribution >= 0.6 is 11.3 Å². The number of nitrogens with one attached hydrogen (secondary N) is 1. The molecule has 1 fully saturated rings. The fourth-order valence-electron chi connectivity index (χ4n) is 1.96. The molecular formula is C12H20N2OS. The van der Waals surface area contributed by atoms with E-state index in [0.717, 1.165) is 32.6 Å². The van der Waals surface area contributed by atoms with Crippen molar-refractivity contribution in [2.75, 3.05) is 19.8 Å². The molecule has 0 spiro atoms. The summed E-state index contributed by atoms with van der Waals surface area (Å²) >= 11 is 1.73. The third-order valence-electron chi connectivity index (χ3n) is 3.25. The second kappa shape index (κ2) is 5.27. The summed E-state index contributed by atoms with van der Waals surface area (Å²) in [7, 11) is 0. The van der Waals surface area contributed by atoms with Crippen LogP contribution in [0.3, 0.4) is 0 Å². The van der Waals surface area contributed by atoms with Crippen molar-refractivity contribution in [1.29, 1.82) is 0 Å². The van der Waals surface area contributed by atoms with Crippen LogP contribution in [-0.4, -0.2) is 25.3 Å². The molecule has 1 aromatic heterocycles. The minimum Gasteiger partial charge on any atom is -0.381 e. The summed E-state index contributed by atoms with van der Waals surface area (Å²) in [6.45, 7) is 4.82. The van der Waals surface area contributed by atoms with Gasteiger partial charge in [0.15, 0.2) is 0 Å². The third kappa shape index (κ3) is 3.04. The largest absolute Gasteiger partial charge is 0.381 e. The predicted molar refractivity (Wildman–Crippen MR) is 67.7 cm³/mol. The Kier molecular flexibility index (Phi) is 3.97. The Balaban J connectivity index is 1.82. The number of ether oxygens (including phenoxy) is 1. The summed E-state index contributed by atoms with van der Waals surface area (Å²) < 4.78 is 5.37.